The SMILES string of the molecule is O=C(OCc1ccc([N+](=O)[O-])cc1)c1ccc(COc2ccc(Cl)cc2)cc1. The number of nitro benzene ring substituents is 1. The van der Waals surface area contributed by atoms with Gasteiger partial charge in [0.1, 0.15) is 19.0 Å². The monoisotopic (exact) mass is 397 g/mol. The molecule has 0 N–H and O–H groups in total. The van der Waals surface area contributed by atoms with Crippen molar-refractivity contribution in [1.82, 2.24) is 0 Å². The van der Waals surface area contributed by atoms with Crippen molar-refractivity contribution in [2.24, 2.45) is 0 Å². The fourth-order valence-corrected chi connectivity index (χ4v) is 2.51. The number of nitrogens with zero attached hydrogens (tertiary/aromatic N) is 1. The number of esters is 1. The second-order valence-electron chi connectivity index (χ2n) is 5.94. The summed E-state index contributed by atoms with van der Waals surface area (Å²) >= 11 is 5.83. The van der Waals surface area contributed by atoms with Crippen LogP contribution >= 0.6 is 11.6 Å². The summed E-state index contributed by atoms with van der Waals surface area (Å²) in [5, 5.41) is 11.3. The molecule has 28 heavy (non-hydrogen) atoms. The molecule has 0 unspecified atom stereocenters. The number of hydrogen-bond donors (Lipinski definition) is 0. The van der Waals surface area contributed by atoms with E-state index >= 15 is 0 Å². The Bertz CT molecular complexity index is 954. The van der Waals surface area contributed by atoms with E-state index < -0.39 is 10.9 Å². The van der Waals surface area contributed by atoms with Gasteiger partial charge in [-0.2, -0.15) is 0 Å². The molecule has 3 aromatic rings. The fraction of sp³-hybridized carbons (Fsp3) is 0.0952. The van der Waals surface area contributed by atoms with Crippen molar-refractivity contribution < 1.29 is 19.2 Å². The van der Waals surface area contributed by atoms with E-state index in [2.05, 4.69) is 0 Å². The molecule has 0 saturated heterocycles. The first-order valence-corrected chi connectivity index (χ1v) is 8.77. The van der Waals surface area contributed by atoms with Crippen molar-refractivity contribution >= 4 is 23.3 Å². The molecule has 0 aliphatic heterocycles. The van der Waals surface area contributed by atoms with Crippen LogP contribution in [-0.4, -0.2) is 10.9 Å². The summed E-state index contributed by atoms with van der Waals surface area (Å²) in [6, 6.07) is 19.8. The van der Waals surface area contributed by atoms with Crippen molar-refractivity contribution in [3.8, 4) is 5.75 Å². The first kappa shape index (κ1) is 19.4. The van der Waals surface area contributed by atoms with Crippen LogP contribution < -0.4 is 4.74 Å². The summed E-state index contributed by atoms with van der Waals surface area (Å²) < 4.78 is 10.9. The molecule has 0 aromatic heterocycles. The zero-order valence-corrected chi connectivity index (χ0v) is 15.5. The molecule has 7 heteroatoms. The van der Waals surface area contributed by atoms with Crippen LogP contribution in [0.25, 0.3) is 0 Å². The minimum absolute atomic E-state index is 0.00788. The molecule has 0 fully saturated rings. The van der Waals surface area contributed by atoms with Crippen LogP contribution in [-0.2, 0) is 18.0 Å². The van der Waals surface area contributed by atoms with Crippen LogP contribution in [0, 0.1) is 10.1 Å². The zero-order chi connectivity index (χ0) is 19.9. The Morgan fingerprint density at radius 3 is 2.04 bits per heavy atom. The van der Waals surface area contributed by atoms with E-state index in [1.54, 1.807) is 60.7 Å². The average molecular weight is 398 g/mol. The third-order valence-electron chi connectivity index (χ3n) is 3.93. The maximum absolute atomic E-state index is 12.1. The lowest BCUT2D eigenvalue weighted by molar-refractivity contribution is -0.384. The maximum atomic E-state index is 12.1. The van der Waals surface area contributed by atoms with Crippen molar-refractivity contribution in [2.75, 3.05) is 0 Å². The molecule has 0 atom stereocenters. The van der Waals surface area contributed by atoms with Gasteiger partial charge in [0, 0.05) is 17.2 Å². The number of ether oxygens (including phenoxy) is 2. The number of carbonyl (C=O) groups is 1. The van der Waals surface area contributed by atoms with Gasteiger partial charge in [0.05, 0.1) is 10.5 Å². The number of nitro groups is 1. The molecule has 0 radical (unpaired) electrons. The highest BCUT2D eigenvalue weighted by Gasteiger charge is 2.09. The van der Waals surface area contributed by atoms with Gasteiger partial charge in [-0.3, -0.25) is 10.1 Å². The molecule has 3 aromatic carbocycles. The molecule has 0 spiro atoms. The van der Waals surface area contributed by atoms with E-state index in [-0.39, 0.29) is 12.3 Å². The first-order chi connectivity index (χ1) is 13.5. The van der Waals surface area contributed by atoms with Crippen LogP contribution in [0.1, 0.15) is 21.5 Å². The standard InChI is InChI=1S/C21H16ClNO5/c22-18-7-11-20(12-8-18)27-13-15-1-5-17(6-2-15)21(24)28-14-16-3-9-19(10-4-16)23(25)26/h1-12H,13-14H2. The molecule has 0 amide bonds. The summed E-state index contributed by atoms with van der Waals surface area (Å²) in [6.45, 7) is 0.401. The minimum Gasteiger partial charge on any atom is -0.489 e. The molecule has 0 bridgehead atoms. The third kappa shape index (κ3) is 5.31. The first-order valence-electron chi connectivity index (χ1n) is 8.39. The molecule has 142 valence electrons. The summed E-state index contributed by atoms with van der Waals surface area (Å²) in [4.78, 5) is 22.3. The number of non-ortho nitro benzene ring substituents is 1. The van der Waals surface area contributed by atoms with E-state index in [1.165, 1.54) is 12.1 Å². The highest BCUT2D eigenvalue weighted by molar-refractivity contribution is 6.30. The quantitative estimate of drug-likeness (QED) is 0.311. The van der Waals surface area contributed by atoms with Gasteiger partial charge in [-0.05, 0) is 59.7 Å². The normalized spacial score (nSPS) is 10.3. The maximum Gasteiger partial charge on any atom is 0.338 e. The number of hydrogen-bond acceptors (Lipinski definition) is 5. The highest BCUT2D eigenvalue weighted by atomic mass is 35.5. The summed E-state index contributed by atoms with van der Waals surface area (Å²) in [5.41, 5.74) is 1.98. The van der Waals surface area contributed by atoms with E-state index in [1.807, 2.05) is 0 Å². The molecule has 0 aliphatic carbocycles. The minimum atomic E-state index is -0.478. The smallest absolute Gasteiger partial charge is 0.338 e. The van der Waals surface area contributed by atoms with Gasteiger partial charge in [0.15, 0.2) is 0 Å². The van der Waals surface area contributed by atoms with E-state index in [0.29, 0.717) is 28.5 Å². The lowest BCUT2D eigenvalue weighted by Gasteiger charge is -2.08. The Kier molecular flexibility index (Phi) is 6.24. The molecular weight excluding hydrogens is 382 g/mol. The Balaban J connectivity index is 1.51. The second-order valence-corrected chi connectivity index (χ2v) is 6.38. The van der Waals surface area contributed by atoms with Gasteiger partial charge < -0.3 is 9.47 Å². The van der Waals surface area contributed by atoms with E-state index in [0.717, 1.165) is 5.56 Å². The van der Waals surface area contributed by atoms with Crippen molar-refractivity contribution in [3.05, 3.63) is 105 Å². The summed E-state index contributed by atoms with van der Waals surface area (Å²) in [7, 11) is 0. The van der Waals surface area contributed by atoms with Gasteiger partial charge in [-0.25, -0.2) is 4.79 Å². The predicted octanol–water partition coefficient (Wildman–Crippen LogP) is 5.18. The molecule has 6 nitrogen and oxygen atoms in total. The van der Waals surface area contributed by atoms with Gasteiger partial charge in [-0.15, -0.1) is 0 Å². The molecular formula is C21H16ClNO5. The number of rotatable bonds is 7. The average Bonchev–Trinajstić information content (AvgIpc) is 2.72. The van der Waals surface area contributed by atoms with Crippen LogP contribution in [0.4, 0.5) is 5.69 Å². The van der Waals surface area contributed by atoms with Crippen LogP contribution in [0.5, 0.6) is 5.75 Å². The lowest BCUT2D eigenvalue weighted by atomic mass is 10.1. The van der Waals surface area contributed by atoms with Gasteiger partial charge in [0.2, 0.25) is 0 Å². The predicted molar refractivity (Wildman–Crippen MR) is 104 cm³/mol. The molecule has 3 rings (SSSR count). The zero-order valence-electron chi connectivity index (χ0n) is 14.7. The fourth-order valence-electron chi connectivity index (χ4n) is 2.38. The number of halogens is 1. The Morgan fingerprint density at radius 1 is 0.857 bits per heavy atom. The van der Waals surface area contributed by atoms with Crippen molar-refractivity contribution in [3.63, 3.8) is 0 Å². The number of carbonyl (C=O) groups excluding carboxylic acids is 1. The molecule has 0 heterocycles. The summed E-state index contributed by atoms with van der Waals surface area (Å²) in [6.07, 6.45) is 0. The van der Waals surface area contributed by atoms with Crippen LogP contribution in [0.3, 0.4) is 0 Å². The Hall–Kier alpha value is -3.38. The highest BCUT2D eigenvalue weighted by Crippen LogP contribution is 2.17. The van der Waals surface area contributed by atoms with E-state index in [9.17, 15) is 14.9 Å². The van der Waals surface area contributed by atoms with Crippen molar-refractivity contribution in [2.45, 2.75) is 13.2 Å². The van der Waals surface area contributed by atoms with Crippen molar-refractivity contribution in [1.29, 1.82) is 0 Å². The topological polar surface area (TPSA) is 78.7 Å². The van der Waals surface area contributed by atoms with Crippen LogP contribution in [0.2, 0.25) is 5.02 Å². The Morgan fingerprint density at radius 2 is 1.43 bits per heavy atom. The largest absolute Gasteiger partial charge is 0.489 e. The second kappa shape index (κ2) is 9.01. The van der Waals surface area contributed by atoms with Crippen LogP contribution in [0.15, 0.2) is 72.8 Å². The molecule has 0 aliphatic rings. The molecule has 0 saturated carbocycles. The van der Waals surface area contributed by atoms with Gasteiger partial charge in [-0.1, -0.05) is 23.7 Å². The lowest BCUT2D eigenvalue weighted by Crippen LogP contribution is -2.05. The van der Waals surface area contributed by atoms with E-state index in [4.69, 9.17) is 21.1 Å². The Labute approximate surface area is 166 Å². The third-order valence-corrected chi connectivity index (χ3v) is 4.18. The van der Waals surface area contributed by atoms with Gasteiger partial charge >= 0.3 is 5.97 Å². The number of benzene rings is 3. The summed E-state index contributed by atoms with van der Waals surface area (Å²) in [5.74, 6) is 0.236. The van der Waals surface area contributed by atoms with Gasteiger partial charge in [0.25, 0.3) is 5.69 Å².